The van der Waals surface area contributed by atoms with E-state index < -0.39 is 5.97 Å². The summed E-state index contributed by atoms with van der Waals surface area (Å²) in [7, 11) is 0. The highest BCUT2D eigenvalue weighted by atomic mass is 35.5. The Morgan fingerprint density at radius 1 is 1.27 bits per heavy atom. The van der Waals surface area contributed by atoms with Crippen LogP contribution in [0.15, 0.2) is 36.4 Å². The molecule has 0 unspecified atom stereocenters. The zero-order valence-corrected chi connectivity index (χ0v) is 15.6. The van der Waals surface area contributed by atoms with Crippen molar-refractivity contribution in [2.45, 2.75) is 44.6 Å². The Hall–Kier alpha value is -2.04. The summed E-state index contributed by atoms with van der Waals surface area (Å²) in [4.78, 5) is 10.8. The van der Waals surface area contributed by atoms with Crippen molar-refractivity contribution >= 4 is 17.6 Å². The van der Waals surface area contributed by atoms with E-state index in [1.807, 2.05) is 37.3 Å². The molecule has 1 heterocycles. The highest BCUT2D eigenvalue weighted by Crippen LogP contribution is 2.43. The number of aryl methyl sites for hydroxylation is 1. The first kappa shape index (κ1) is 18.7. The van der Waals surface area contributed by atoms with Crippen LogP contribution in [0.2, 0.25) is 5.02 Å². The first-order valence-corrected chi connectivity index (χ1v) is 9.33. The molecule has 2 aromatic rings. The maximum atomic E-state index is 10.8. The summed E-state index contributed by atoms with van der Waals surface area (Å²) in [6, 6.07) is 11.8. The van der Waals surface area contributed by atoms with Gasteiger partial charge in [0.1, 0.15) is 5.75 Å². The molecule has 0 radical (unpaired) electrons. The molecule has 0 amide bonds. The Morgan fingerprint density at radius 3 is 2.65 bits per heavy atom. The van der Waals surface area contributed by atoms with Gasteiger partial charge in [-0.05, 0) is 60.6 Å². The molecule has 4 nitrogen and oxygen atoms in total. The number of halogens is 1. The van der Waals surface area contributed by atoms with E-state index in [0.29, 0.717) is 0 Å². The van der Waals surface area contributed by atoms with Crippen molar-refractivity contribution in [3.05, 3.63) is 63.7 Å². The maximum absolute atomic E-state index is 10.8. The number of nitrogens with two attached hydrogens (primary N) is 1. The molecule has 1 aliphatic heterocycles. The van der Waals surface area contributed by atoms with Crippen molar-refractivity contribution in [2.24, 2.45) is 5.73 Å². The van der Waals surface area contributed by atoms with Crippen LogP contribution in [-0.2, 0) is 17.6 Å². The first-order chi connectivity index (χ1) is 12.5. The molecule has 138 valence electrons. The number of hydrogen-bond donors (Lipinski definition) is 2. The normalized spacial score (nSPS) is 18.2. The van der Waals surface area contributed by atoms with Gasteiger partial charge in [0.25, 0.3) is 0 Å². The van der Waals surface area contributed by atoms with Crippen LogP contribution in [0.4, 0.5) is 0 Å². The lowest BCUT2D eigenvalue weighted by Gasteiger charge is -2.12. The number of hydrogen-bond acceptors (Lipinski definition) is 3. The summed E-state index contributed by atoms with van der Waals surface area (Å²) in [5.74, 6) is 0.467. The second-order valence-corrected chi connectivity index (χ2v) is 7.32. The fourth-order valence-corrected chi connectivity index (χ4v) is 3.86. The van der Waals surface area contributed by atoms with E-state index in [0.717, 1.165) is 42.2 Å². The third kappa shape index (κ3) is 4.19. The number of ether oxygens (including phenoxy) is 1. The minimum absolute atomic E-state index is 0.0947. The molecule has 5 heteroatoms. The number of carboxylic acids is 1. The van der Waals surface area contributed by atoms with Crippen molar-refractivity contribution in [3.8, 4) is 5.75 Å². The summed E-state index contributed by atoms with van der Waals surface area (Å²) in [5, 5.41) is 9.67. The van der Waals surface area contributed by atoms with Gasteiger partial charge in [0.15, 0.2) is 0 Å². The molecule has 4 rings (SSSR count). The average Bonchev–Trinajstić information content (AvgIpc) is 3.21. The van der Waals surface area contributed by atoms with Gasteiger partial charge in [0.2, 0.25) is 0 Å². The molecule has 2 atom stereocenters. The zero-order chi connectivity index (χ0) is 18.7. The number of aliphatic carboxylic acids is 1. The molecule has 3 N–H and O–H groups in total. The zero-order valence-electron chi connectivity index (χ0n) is 14.9. The van der Waals surface area contributed by atoms with E-state index in [1.54, 1.807) is 0 Å². The third-order valence-electron chi connectivity index (χ3n) is 5.00. The van der Waals surface area contributed by atoms with Gasteiger partial charge >= 0.3 is 5.97 Å². The molecule has 0 saturated heterocycles. The molecule has 1 aliphatic carbocycles. The van der Waals surface area contributed by atoms with Gasteiger partial charge in [-0.25, -0.2) is 0 Å². The maximum Gasteiger partial charge on any atom is 0.303 e. The number of carboxylic acid groups (broad SMARTS) is 1. The van der Waals surface area contributed by atoms with E-state index in [-0.39, 0.29) is 18.4 Å². The summed E-state index contributed by atoms with van der Waals surface area (Å²) in [6.45, 7) is 2.69. The molecular weight excluding hydrogens is 350 g/mol. The molecule has 2 aromatic carbocycles. The lowest BCUT2D eigenvalue weighted by Crippen LogP contribution is -2.05. The third-order valence-corrected chi connectivity index (χ3v) is 5.25. The topological polar surface area (TPSA) is 72.6 Å². The highest BCUT2D eigenvalue weighted by Gasteiger charge is 2.30. The standard InChI is InChI=1S/C13H14O3.C8H10ClN/c14-12(15)7-9-2-1-8-3-4-11-10(13(8)9)5-6-16-11;1-6(10)7-2-4-8(9)5-3-7/h3-4,9H,1-2,5-7H2,(H,14,15);2-6H,10H2,1H3/t9-;6-/m11/s1. The molecule has 0 saturated carbocycles. The molecule has 0 aromatic heterocycles. The van der Waals surface area contributed by atoms with Crippen molar-refractivity contribution in [1.82, 2.24) is 0 Å². The fourth-order valence-electron chi connectivity index (χ4n) is 3.73. The highest BCUT2D eigenvalue weighted by molar-refractivity contribution is 6.30. The lowest BCUT2D eigenvalue weighted by atomic mass is 9.92. The average molecular weight is 374 g/mol. The second-order valence-electron chi connectivity index (χ2n) is 6.89. The lowest BCUT2D eigenvalue weighted by molar-refractivity contribution is -0.137. The number of fused-ring (bicyclic) bond motifs is 3. The molecular formula is C21H24ClNO3. The van der Waals surface area contributed by atoms with Crippen molar-refractivity contribution < 1.29 is 14.6 Å². The Bertz CT molecular complexity index is 787. The van der Waals surface area contributed by atoms with Crippen LogP contribution in [0.1, 0.15) is 54.0 Å². The first-order valence-electron chi connectivity index (χ1n) is 8.96. The van der Waals surface area contributed by atoms with E-state index >= 15 is 0 Å². The van der Waals surface area contributed by atoms with Crippen molar-refractivity contribution in [2.75, 3.05) is 6.61 Å². The van der Waals surface area contributed by atoms with Crippen LogP contribution in [0.25, 0.3) is 0 Å². The minimum Gasteiger partial charge on any atom is -0.493 e. The number of carbonyl (C=O) groups is 1. The smallest absolute Gasteiger partial charge is 0.303 e. The van der Waals surface area contributed by atoms with Crippen LogP contribution in [0.5, 0.6) is 5.75 Å². The van der Waals surface area contributed by atoms with Gasteiger partial charge < -0.3 is 15.6 Å². The van der Waals surface area contributed by atoms with Crippen LogP contribution in [-0.4, -0.2) is 17.7 Å². The van der Waals surface area contributed by atoms with Crippen LogP contribution >= 0.6 is 11.6 Å². The predicted molar refractivity (Wildman–Crippen MR) is 103 cm³/mol. The van der Waals surface area contributed by atoms with Crippen LogP contribution < -0.4 is 10.5 Å². The van der Waals surface area contributed by atoms with Crippen LogP contribution in [0.3, 0.4) is 0 Å². The Morgan fingerprint density at radius 2 is 2.00 bits per heavy atom. The van der Waals surface area contributed by atoms with Gasteiger partial charge in [0.05, 0.1) is 13.0 Å². The quantitative estimate of drug-likeness (QED) is 0.831. The van der Waals surface area contributed by atoms with Gasteiger partial charge in [-0.15, -0.1) is 0 Å². The number of benzene rings is 2. The minimum atomic E-state index is -0.700. The van der Waals surface area contributed by atoms with E-state index in [2.05, 4.69) is 6.07 Å². The molecule has 0 bridgehead atoms. The van der Waals surface area contributed by atoms with E-state index in [9.17, 15) is 4.79 Å². The largest absolute Gasteiger partial charge is 0.493 e. The molecule has 0 spiro atoms. The van der Waals surface area contributed by atoms with Crippen molar-refractivity contribution in [3.63, 3.8) is 0 Å². The second kappa shape index (κ2) is 8.11. The fraction of sp³-hybridized carbons (Fsp3) is 0.381. The van der Waals surface area contributed by atoms with Gasteiger partial charge in [-0.3, -0.25) is 4.79 Å². The summed E-state index contributed by atoms with van der Waals surface area (Å²) in [5.41, 5.74) is 10.6. The predicted octanol–water partition coefficient (Wildman–Crippen LogP) is 4.49. The molecule has 0 fully saturated rings. The Labute approximate surface area is 158 Å². The van der Waals surface area contributed by atoms with Crippen molar-refractivity contribution in [1.29, 1.82) is 0 Å². The summed E-state index contributed by atoms with van der Waals surface area (Å²) >= 11 is 5.68. The summed E-state index contributed by atoms with van der Waals surface area (Å²) in [6.07, 6.45) is 3.18. The Balaban J connectivity index is 0.000000170. The summed E-state index contributed by atoms with van der Waals surface area (Å²) < 4.78 is 5.53. The SMILES string of the molecule is C[C@@H](N)c1ccc(Cl)cc1.O=C(O)C[C@H]1CCc2ccc3c(c21)CCO3. The van der Waals surface area contributed by atoms with Gasteiger partial charge in [-0.1, -0.05) is 29.8 Å². The van der Waals surface area contributed by atoms with E-state index in [1.165, 1.54) is 16.7 Å². The molecule has 2 aliphatic rings. The monoisotopic (exact) mass is 373 g/mol. The van der Waals surface area contributed by atoms with E-state index in [4.69, 9.17) is 27.2 Å². The van der Waals surface area contributed by atoms with Gasteiger partial charge in [-0.2, -0.15) is 0 Å². The Kier molecular flexibility index (Phi) is 5.84. The molecule has 26 heavy (non-hydrogen) atoms. The van der Waals surface area contributed by atoms with Crippen LogP contribution in [0, 0.1) is 0 Å². The van der Waals surface area contributed by atoms with Gasteiger partial charge in [0, 0.05) is 23.0 Å². The number of rotatable bonds is 3.